The van der Waals surface area contributed by atoms with Gasteiger partial charge in [-0.1, -0.05) is 91.0 Å². The number of aromatic amines is 1. The maximum atomic E-state index is 10.9. The molecule has 0 atom stereocenters. The molecule has 3 heteroatoms. The van der Waals surface area contributed by atoms with E-state index in [-0.39, 0.29) is 5.75 Å². The predicted octanol–water partition coefficient (Wildman–Crippen LogP) is 6.27. The van der Waals surface area contributed by atoms with E-state index in [1.807, 2.05) is 84.9 Å². The van der Waals surface area contributed by atoms with Gasteiger partial charge in [0.15, 0.2) is 0 Å². The van der Waals surface area contributed by atoms with Crippen molar-refractivity contribution in [2.75, 3.05) is 0 Å². The molecule has 4 aromatic carbocycles. The summed E-state index contributed by atoms with van der Waals surface area (Å²) in [5.41, 5.74) is 4.59. The Bertz CT molecular complexity index is 1200. The number of hydrogen-bond acceptors (Lipinski definition) is 2. The van der Waals surface area contributed by atoms with Crippen molar-refractivity contribution in [1.29, 1.82) is 0 Å². The third-order valence-corrected chi connectivity index (χ3v) is 4.97. The van der Waals surface area contributed by atoms with Crippen LogP contribution >= 0.6 is 0 Å². The highest BCUT2D eigenvalue weighted by molar-refractivity contribution is 5.94. The lowest BCUT2D eigenvalue weighted by molar-refractivity contribution is 0.483. The van der Waals surface area contributed by atoms with E-state index in [1.165, 1.54) is 0 Å². The monoisotopic (exact) mass is 362 g/mol. The Morgan fingerprint density at radius 1 is 0.643 bits per heavy atom. The number of phenols is 1. The predicted molar refractivity (Wildman–Crippen MR) is 114 cm³/mol. The first-order valence-corrected chi connectivity index (χ1v) is 9.23. The molecule has 1 aromatic heterocycles. The SMILES string of the molecule is Oc1c(-c2nc(-c3ccccc3)c(-c3ccccc3)[nH]2)ccc2ccccc12. The van der Waals surface area contributed by atoms with Crippen LogP contribution in [0.2, 0.25) is 0 Å². The molecule has 2 N–H and O–H groups in total. The molecule has 5 rings (SSSR count). The van der Waals surface area contributed by atoms with Gasteiger partial charge in [0.05, 0.1) is 17.0 Å². The quantitative estimate of drug-likeness (QED) is 0.397. The van der Waals surface area contributed by atoms with Gasteiger partial charge in [-0.05, 0) is 11.5 Å². The van der Waals surface area contributed by atoms with Crippen molar-refractivity contribution in [2.45, 2.75) is 0 Å². The van der Waals surface area contributed by atoms with Crippen molar-refractivity contribution in [1.82, 2.24) is 9.97 Å². The Kier molecular flexibility index (Phi) is 3.91. The van der Waals surface area contributed by atoms with Crippen molar-refractivity contribution >= 4 is 10.8 Å². The van der Waals surface area contributed by atoms with Gasteiger partial charge in [0.1, 0.15) is 11.6 Å². The van der Waals surface area contributed by atoms with Crippen LogP contribution in [0.3, 0.4) is 0 Å². The van der Waals surface area contributed by atoms with E-state index in [9.17, 15) is 5.11 Å². The fourth-order valence-electron chi connectivity index (χ4n) is 3.57. The van der Waals surface area contributed by atoms with Crippen LogP contribution in [-0.4, -0.2) is 15.1 Å². The summed E-state index contributed by atoms with van der Waals surface area (Å²) in [7, 11) is 0. The van der Waals surface area contributed by atoms with Crippen molar-refractivity contribution in [3.63, 3.8) is 0 Å². The molecule has 0 spiro atoms. The molecular weight excluding hydrogens is 344 g/mol. The lowest BCUT2D eigenvalue weighted by Gasteiger charge is -2.05. The second-order valence-corrected chi connectivity index (χ2v) is 6.72. The third kappa shape index (κ3) is 2.74. The first-order valence-electron chi connectivity index (χ1n) is 9.23. The number of imidazole rings is 1. The van der Waals surface area contributed by atoms with Crippen LogP contribution in [-0.2, 0) is 0 Å². The molecule has 0 aliphatic carbocycles. The lowest BCUT2D eigenvalue weighted by Crippen LogP contribution is -1.84. The number of nitrogens with zero attached hydrogens (tertiary/aromatic N) is 1. The summed E-state index contributed by atoms with van der Waals surface area (Å²) in [6, 6.07) is 32.0. The van der Waals surface area contributed by atoms with Gasteiger partial charge >= 0.3 is 0 Å². The second kappa shape index (κ2) is 6.71. The van der Waals surface area contributed by atoms with Gasteiger partial charge in [0.2, 0.25) is 0 Å². The molecule has 28 heavy (non-hydrogen) atoms. The lowest BCUT2D eigenvalue weighted by atomic mass is 10.1. The Morgan fingerprint density at radius 3 is 2.04 bits per heavy atom. The topological polar surface area (TPSA) is 48.9 Å². The summed E-state index contributed by atoms with van der Waals surface area (Å²) in [6.07, 6.45) is 0. The number of nitrogens with one attached hydrogen (secondary N) is 1. The standard InChI is InChI=1S/C25H18N2O/c28-24-20-14-8-7-9-17(20)15-16-21(24)25-26-22(18-10-3-1-4-11-18)23(27-25)19-12-5-2-6-13-19/h1-16,28H,(H,26,27). The van der Waals surface area contributed by atoms with E-state index in [0.717, 1.165) is 33.3 Å². The average molecular weight is 362 g/mol. The van der Waals surface area contributed by atoms with Crippen LogP contribution in [0, 0.1) is 0 Å². The van der Waals surface area contributed by atoms with Gasteiger partial charge in [-0.15, -0.1) is 0 Å². The van der Waals surface area contributed by atoms with E-state index < -0.39 is 0 Å². The van der Waals surface area contributed by atoms with Crippen molar-refractivity contribution in [3.8, 4) is 39.7 Å². The summed E-state index contributed by atoms with van der Waals surface area (Å²) in [4.78, 5) is 8.33. The highest BCUT2D eigenvalue weighted by Gasteiger charge is 2.17. The van der Waals surface area contributed by atoms with Crippen molar-refractivity contribution < 1.29 is 5.11 Å². The Hall–Kier alpha value is -3.85. The number of rotatable bonds is 3. The van der Waals surface area contributed by atoms with E-state index in [2.05, 4.69) is 17.1 Å². The molecule has 3 nitrogen and oxygen atoms in total. The first kappa shape index (κ1) is 16.3. The fourth-order valence-corrected chi connectivity index (χ4v) is 3.57. The Morgan fingerprint density at radius 2 is 1.29 bits per heavy atom. The zero-order valence-electron chi connectivity index (χ0n) is 15.1. The third-order valence-electron chi connectivity index (χ3n) is 4.97. The molecule has 0 fully saturated rings. The fraction of sp³-hybridized carbons (Fsp3) is 0. The normalized spacial score (nSPS) is 11.0. The summed E-state index contributed by atoms with van der Waals surface area (Å²) in [5.74, 6) is 0.895. The molecular formula is C25H18N2O. The highest BCUT2D eigenvalue weighted by Crippen LogP contribution is 2.38. The van der Waals surface area contributed by atoms with Crippen LogP contribution in [0.1, 0.15) is 0 Å². The van der Waals surface area contributed by atoms with Gasteiger partial charge in [-0.2, -0.15) is 0 Å². The Balaban J connectivity index is 1.74. The number of phenolic OH excluding ortho intramolecular Hbond substituents is 1. The average Bonchev–Trinajstić information content (AvgIpc) is 3.21. The minimum atomic E-state index is 0.242. The molecule has 5 aromatic rings. The summed E-state index contributed by atoms with van der Waals surface area (Å²) in [6.45, 7) is 0. The number of hydrogen-bond donors (Lipinski definition) is 2. The van der Waals surface area contributed by atoms with E-state index in [1.54, 1.807) is 0 Å². The van der Waals surface area contributed by atoms with E-state index in [4.69, 9.17) is 4.98 Å². The minimum Gasteiger partial charge on any atom is -0.507 e. The number of fused-ring (bicyclic) bond motifs is 1. The van der Waals surface area contributed by atoms with Gasteiger partial charge in [-0.25, -0.2) is 4.98 Å². The number of H-pyrrole nitrogens is 1. The van der Waals surface area contributed by atoms with Crippen molar-refractivity contribution in [3.05, 3.63) is 97.1 Å². The second-order valence-electron chi connectivity index (χ2n) is 6.72. The molecule has 0 saturated carbocycles. The van der Waals surface area contributed by atoms with Crippen LogP contribution in [0.15, 0.2) is 97.1 Å². The smallest absolute Gasteiger partial charge is 0.142 e. The van der Waals surface area contributed by atoms with Crippen LogP contribution in [0.4, 0.5) is 0 Å². The zero-order chi connectivity index (χ0) is 18.9. The van der Waals surface area contributed by atoms with E-state index in [0.29, 0.717) is 11.4 Å². The molecule has 0 radical (unpaired) electrons. The molecule has 0 aliphatic heterocycles. The Labute approximate surface area is 163 Å². The van der Waals surface area contributed by atoms with Gasteiger partial charge in [-0.3, -0.25) is 0 Å². The zero-order valence-corrected chi connectivity index (χ0v) is 15.1. The largest absolute Gasteiger partial charge is 0.507 e. The van der Waals surface area contributed by atoms with Crippen LogP contribution in [0.25, 0.3) is 44.7 Å². The number of aromatic hydroxyl groups is 1. The van der Waals surface area contributed by atoms with Gasteiger partial charge in [0, 0.05) is 16.5 Å². The molecule has 0 saturated heterocycles. The minimum absolute atomic E-state index is 0.242. The van der Waals surface area contributed by atoms with Crippen LogP contribution in [0.5, 0.6) is 5.75 Å². The summed E-state index contributed by atoms with van der Waals surface area (Å²) in [5, 5.41) is 12.7. The maximum Gasteiger partial charge on any atom is 0.142 e. The molecule has 1 heterocycles. The van der Waals surface area contributed by atoms with Gasteiger partial charge < -0.3 is 10.1 Å². The summed E-state index contributed by atoms with van der Waals surface area (Å²) >= 11 is 0. The maximum absolute atomic E-state index is 10.9. The molecule has 134 valence electrons. The molecule has 0 bridgehead atoms. The first-order chi connectivity index (χ1) is 13.8. The van der Waals surface area contributed by atoms with Crippen molar-refractivity contribution in [2.24, 2.45) is 0 Å². The molecule has 0 unspecified atom stereocenters. The highest BCUT2D eigenvalue weighted by atomic mass is 16.3. The molecule has 0 aliphatic rings. The molecule has 0 amide bonds. The number of benzene rings is 4. The van der Waals surface area contributed by atoms with Gasteiger partial charge in [0.25, 0.3) is 0 Å². The van der Waals surface area contributed by atoms with Crippen LogP contribution < -0.4 is 0 Å². The summed E-state index contributed by atoms with van der Waals surface area (Å²) < 4.78 is 0. The van der Waals surface area contributed by atoms with E-state index >= 15 is 0 Å². The number of aromatic nitrogens is 2.